The summed E-state index contributed by atoms with van der Waals surface area (Å²) in [7, 11) is 0. The molecule has 0 aliphatic carbocycles. The Balaban J connectivity index is 0.0000137. The number of carbonyl (C=O) groups excluding carboxylic acids is 3. The van der Waals surface area contributed by atoms with Gasteiger partial charge in [-0.2, -0.15) is 0 Å². The summed E-state index contributed by atoms with van der Waals surface area (Å²) in [5, 5.41) is 14.9. The Morgan fingerprint density at radius 3 is 2.05 bits per heavy atom. The Bertz CT molecular complexity index is 673. The van der Waals surface area contributed by atoms with E-state index >= 15 is 0 Å². The van der Waals surface area contributed by atoms with Crippen molar-refractivity contribution in [3.63, 3.8) is 0 Å². The van der Waals surface area contributed by atoms with E-state index in [0.29, 0.717) is 12.8 Å². The van der Waals surface area contributed by atoms with Gasteiger partial charge in [-0.1, -0.05) is 77.6 Å². The highest BCUT2D eigenvalue weighted by Crippen LogP contribution is 2.16. The highest BCUT2D eigenvalue weighted by Gasteiger charge is 2.29. The predicted octanol–water partition coefficient (Wildman–Crippen LogP) is 4.78. The highest BCUT2D eigenvalue weighted by atomic mass is 35.5. The summed E-state index contributed by atoms with van der Waals surface area (Å²) >= 11 is 0. The zero-order valence-electron chi connectivity index (χ0n) is 23.3. The lowest BCUT2D eigenvalue weighted by Crippen LogP contribution is -2.52. The third kappa shape index (κ3) is 18.4. The monoisotopic (exact) mass is 561 g/mol. The summed E-state index contributed by atoms with van der Waals surface area (Å²) in [4.78, 5) is 48.2. The van der Waals surface area contributed by atoms with E-state index in [1.54, 1.807) is 0 Å². The second kappa shape index (κ2) is 23.1. The number of esters is 1. The minimum Gasteiger partial charge on any atom is -0.481 e. The van der Waals surface area contributed by atoms with E-state index in [2.05, 4.69) is 17.6 Å². The molecule has 1 unspecified atom stereocenters. The average Bonchev–Trinajstić information content (AvgIpc) is 2.86. The molecule has 1 heterocycles. The van der Waals surface area contributed by atoms with E-state index < -0.39 is 30.0 Å². The summed E-state index contributed by atoms with van der Waals surface area (Å²) in [6.07, 6.45) is 15.9. The van der Waals surface area contributed by atoms with Crippen molar-refractivity contribution in [1.29, 1.82) is 0 Å². The molecule has 2 amide bonds. The van der Waals surface area contributed by atoms with Crippen molar-refractivity contribution < 1.29 is 29.0 Å². The fourth-order valence-corrected chi connectivity index (χ4v) is 4.76. The van der Waals surface area contributed by atoms with Crippen LogP contribution >= 0.6 is 12.4 Å². The first-order valence-electron chi connectivity index (χ1n) is 14.6. The molecule has 38 heavy (non-hydrogen) atoms. The van der Waals surface area contributed by atoms with Crippen molar-refractivity contribution in [3.8, 4) is 0 Å². The second-order valence-electron chi connectivity index (χ2n) is 10.4. The number of carboxylic acid groups (broad SMARTS) is 1. The van der Waals surface area contributed by atoms with E-state index in [-0.39, 0.29) is 50.0 Å². The SMILES string of the molecule is CCCCCCCCCCCCC[C@@H](CC(N)=O)OC(=O)[C@H](CCCC(=O)O)NC(=O)C1CCCCN1.Cl. The van der Waals surface area contributed by atoms with E-state index in [0.717, 1.165) is 38.6 Å². The molecule has 9 nitrogen and oxygen atoms in total. The zero-order chi connectivity index (χ0) is 27.3. The number of hydrogen-bond donors (Lipinski definition) is 4. The molecule has 1 saturated heterocycles. The lowest BCUT2D eigenvalue weighted by Gasteiger charge is -2.26. The molecule has 0 bridgehead atoms. The van der Waals surface area contributed by atoms with Gasteiger partial charge in [-0.3, -0.25) is 14.4 Å². The summed E-state index contributed by atoms with van der Waals surface area (Å²) in [6.45, 7) is 2.97. The fourth-order valence-electron chi connectivity index (χ4n) is 4.76. The minimum atomic E-state index is -0.963. The Kier molecular flexibility index (Phi) is 21.9. The molecule has 5 N–H and O–H groups in total. The van der Waals surface area contributed by atoms with Gasteiger partial charge in [0, 0.05) is 6.42 Å². The third-order valence-corrected chi connectivity index (χ3v) is 6.95. The van der Waals surface area contributed by atoms with Crippen molar-refractivity contribution in [1.82, 2.24) is 10.6 Å². The van der Waals surface area contributed by atoms with Gasteiger partial charge in [-0.25, -0.2) is 4.79 Å². The molecule has 1 fully saturated rings. The van der Waals surface area contributed by atoms with Crippen LogP contribution in [0, 0.1) is 0 Å². The number of ether oxygens (including phenoxy) is 1. The molecule has 1 rings (SSSR count). The van der Waals surface area contributed by atoms with Gasteiger partial charge < -0.3 is 26.2 Å². The van der Waals surface area contributed by atoms with Crippen LogP contribution in [-0.2, 0) is 23.9 Å². The van der Waals surface area contributed by atoms with Crippen molar-refractivity contribution in [3.05, 3.63) is 0 Å². The van der Waals surface area contributed by atoms with Gasteiger partial charge in [-0.15, -0.1) is 12.4 Å². The molecule has 1 aliphatic rings. The Hall–Kier alpha value is -1.87. The maximum atomic E-state index is 13.0. The number of rotatable bonds is 22. The molecule has 0 spiro atoms. The van der Waals surface area contributed by atoms with Gasteiger partial charge in [-0.05, 0) is 45.1 Å². The first-order chi connectivity index (χ1) is 17.8. The van der Waals surface area contributed by atoms with Gasteiger partial charge in [0.15, 0.2) is 0 Å². The molecular formula is C28H52ClN3O6. The lowest BCUT2D eigenvalue weighted by atomic mass is 10.0. The van der Waals surface area contributed by atoms with Crippen LogP contribution in [-0.4, -0.2) is 53.6 Å². The number of hydrogen-bond acceptors (Lipinski definition) is 6. The van der Waals surface area contributed by atoms with Gasteiger partial charge in [0.05, 0.1) is 12.5 Å². The maximum absolute atomic E-state index is 13.0. The van der Waals surface area contributed by atoms with Crippen LogP contribution < -0.4 is 16.4 Å². The highest BCUT2D eigenvalue weighted by molar-refractivity contribution is 5.87. The molecule has 0 saturated carbocycles. The molecule has 0 aromatic rings. The lowest BCUT2D eigenvalue weighted by molar-refractivity contribution is -0.155. The number of piperidine rings is 1. The van der Waals surface area contributed by atoms with Gasteiger partial charge in [0.25, 0.3) is 0 Å². The number of carbonyl (C=O) groups is 4. The molecule has 10 heteroatoms. The van der Waals surface area contributed by atoms with Crippen LogP contribution in [0.25, 0.3) is 0 Å². The first-order valence-corrected chi connectivity index (χ1v) is 14.6. The van der Waals surface area contributed by atoms with E-state index in [1.807, 2.05) is 0 Å². The minimum absolute atomic E-state index is 0. The van der Waals surface area contributed by atoms with Crippen LogP contribution in [0.3, 0.4) is 0 Å². The summed E-state index contributed by atoms with van der Waals surface area (Å²) in [5.41, 5.74) is 5.39. The van der Waals surface area contributed by atoms with Gasteiger partial charge >= 0.3 is 11.9 Å². The average molecular weight is 562 g/mol. The largest absolute Gasteiger partial charge is 0.481 e. The molecular weight excluding hydrogens is 510 g/mol. The van der Waals surface area contributed by atoms with Crippen molar-refractivity contribution in [2.45, 2.75) is 147 Å². The quantitative estimate of drug-likeness (QED) is 0.110. The topological polar surface area (TPSA) is 148 Å². The Labute approximate surface area is 235 Å². The molecule has 1 aliphatic heterocycles. The first kappa shape index (κ1) is 36.1. The maximum Gasteiger partial charge on any atom is 0.328 e. The molecule has 0 radical (unpaired) electrons. The summed E-state index contributed by atoms with van der Waals surface area (Å²) < 4.78 is 5.64. The van der Waals surface area contributed by atoms with Crippen LogP contribution in [0.1, 0.15) is 129 Å². The molecule has 3 atom stereocenters. The Morgan fingerprint density at radius 2 is 1.53 bits per heavy atom. The normalized spacial score (nSPS) is 16.6. The number of amides is 2. The number of halogens is 1. The standard InChI is InChI=1S/C28H51N3O6.ClH/c1-2-3-4-5-6-7-8-9-10-11-12-16-22(21-25(29)32)37-28(36)24(18-15-19-26(33)34)31-27(35)23-17-13-14-20-30-23;/h22-24,30H,2-21H2,1H3,(H2,29,32)(H,31,35)(H,33,34);1H/t22-,23?,24-;/m0./s1. The van der Waals surface area contributed by atoms with Crippen LogP contribution in [0.15, 0.2) is 0 Å². The fraction of sp³-hybridized carbons (Fsp3) is 0.857. The number of unbranched alkanes of at least 4 members (excludes halogenated alkanes) is 10. The molecule has 0 aromatic carbocycles. The number of carboxylic acids is 1. The van der Waals surface area contributed by atoms with Gasteiger partial charge in [0.1, 0.15) is 12.1 Å². The van der Waals surface area contributed by atoms with Crippen LogP contribution in [0.4, 0.5) is 0 Å². The third-order valence-electron chi connectivity index (χ3n) is 6.95. The van der Waals surface area contributed by atoms with E-state index in [4.69, 9.17) is 15.6 Å². The van der Waals surface area contributed by atoms with E-state index in [9.17, 15) is 19.2 Å². The smallest absolute Gasteiger partial charge is 0.328 e. The van der Waals surface area contributed by atoms with Crippen LogP contribution in [0.5, 0.6) is 0 Å². The molecule has 0 aromatic heterocycles. The molecule has 222 valence electrons. The number of aliphatic carboxylic acids is 1. The van der Waals surface area contributed by atoms with Crippen molar-refractivity contribution in [2.75, 3.05) is 6.54 Å². The van der Waals surface area contributed by atoms with Crippen molar-refractivity contribution >= 4 is 36.2 Å². The van der Waals surface area contributed by atoms with Crippen LogP contribution in [0.2, 0.25) is 0 Å². The number of primary amides is 1. The second-order valence-corrected chi connectivity index (χ2v) is 10.4. The van der Waals surface area contributed by atoms with Gasteiger partial charge in [0.2, 0.25) is 11.8 Å². The summed E-state index contributed by atoms with van der Waals surface area (Å²) in [6, 6.07) is -1.33. The predicted molar refractivity (Wildman–Crippen MR) is 151 cm³/mol. The Morgan fingerprint density at radius 1 is 0.921 bits per heavy atom. The van der Waals surface area contributed by atoms with E-state index in [1.165, 1.54) is 51.4 Å². The zero-order valence-corrected chi connectivity index (χ0v) is 24.2. The summed E-state index contributed by atoms with van der Waals surface area (Å²) in [5.74, 6) is -2.42. The number of nitrogens with two attached hydrogens (primary N) is 1. The number of nitrogens with one attached hydrogen (secondary N) is 2. The van der Waals surface area contributed by atoms with Crippen molar-refractivity contribution in [2.24, 2.45) is 5.73 Å².